The second kappa shape index (κ2) is 8.25. The Morgan fingerprint density at radius 1 is 0.967 bits per heavy atom. The third-order valence-corrected chi connectivity index (χ3v) is 6.56. The normalized spacial score (nSPS) is 18.0. The number of rotatable bonds is 4. The van der Waals surface area contributed by atoms with E-state index in [1.165, 1.54) is 33.3 Å². The van der Waals surface area contributed by atoms with Crippen molar-refractivity contribution in [1.29, 1.82) is 0 Å². The number of piperazine rings is 1. The maximum atomic E-state index is 13.0. The summed E-state index contributed by atoms with van der Waals surface area (Å²) in [5, 5.41) is 1.28. The van der Waals surface area contributed by atoms with Gasteiger partial charge in [0, 0.05) is 74.4 Å². The molecule has 5 rings (SSSR count). The minimum Gasteiger partial charge on any atom is -0.358 e. The number of nitrogens with one attached hydrogen (secondary N) is 1. The van der Waals surface area contributed by atoms with Crippen molar-refractivity contribution in [3.05, 3.63) is 70.9 Å². The van der Waals surface area contributed by atoms with E-state index < -0.39 is 0 Å². The average molecular weight is 403 g/mol. The molecule has 0 aliphatic carbocycles. The smallest absolute Gasteiger partial charge is 0.237 e. The average Bonchev–Trinajstić information content (AvgIpc) is 3.13. The van der Waals surface area contributed by atoms with Gasteiger partial charge in [0.2, 0.25) is 5.91 Å². The van der Waals surface area contributed by atoms with Gasteiger partial charge in [0.25, 0.3) is 0 Å². The number of nitrogens with zero attached hydrogens (tertiary/aromatic N) is 3. The van der Waals surface area contributed by atoms with Gasteiger partial charge >= 0.3 is 0 Å². The van der Waals surface area contributed by atoms with Crippen LogP contribution in [-0.2, 0) is 24.3 Å². The van der Waals surface area contributed by atoms with Gasteiger partial charge in [0.1, 0.15) is 0 Å². The number of hydrogen-bond donors (Lipinski definition) is 1. The molecule has 2 aliphatic heterocycles. The number of aromatic nitrogens is 1. The van der Waals surface area contributed by atoms with Gasteiger partial charge in [-0.25, -0.2) is 0 Å². The Labute approximate surface area is 178 Å². The van der Waals surface area contributed by atoms with Crippen LogP contribution in [0.3, 0.4) is 0 Å². The fraction of sp³-hybridized carbons (Fsp3) is 0.400. The first-order valence-electron chi connectivity index (χ1n) is 11.0. The van der Waals surface area contributed by atoms with Crippen molar-refractivity contribution in [2.45, 2.75) is 26.4 Å². The summed E-state index contributed by atoms with van der Waals surface area (Å²) in [5.74, 6) is 0.263. The molecule has 156 valence electrons. The third kappa shape index (κ3) is 4.00. The van der Waals surface area contributed by atoms with Crippen LogP contribution in [0.1, 0.15) is 22.4 Å². The van der Waals surface area contributed by atoms with Crippen LogP contribution in [-0.4, -0.2) is 64.9 Å². The molecule has 5 heteroatoms. The van der Waals surface area contributed by atoms with Gasteiger partial charge < -0.3 is 9.88 Å². The molecule has 30 heavy (non-hydrogen) atoms. The van der Waals surface area contributed by atoms with E-state index in [4.69, 9.17) is 0 Å². The van der Waals surface area contributed by atoms with Gasteiger partial charge in [-0.05, 0) is 24.6 Å². The van der Waals surface area contributed by atoms with E-state index in [0.717, 1.165) is 52.2 Å². The van der Waals surface area contributed by atoms with Crippen molar-refractivity contribution in [2.24, 2.45) is 0 Å². The zero-order valence-corrected chi connectivity index (χ0v) is 17.7. The number of carbonyl (C=O) groups is 1. The molecule has 1 amide bonds. The molecule has 5 nitrogen and oxygen atoms in total. The van der Waals surface area contributed by atoms with Crippen LogP contribution in [0.5, 0.6) is 0 Å². The number of hydrogen-bond acceptors (Lipinski definition) is 3. The first-order valence-corrected chi connectivity index (χ1v) is 11.0. The van der Waals surface area contributed by atoms with E-state index in [1.54, 1.807) is 0 Å². The van der Waals surface area contributed by atoms with Crippen molar-refractivity contribution < 1.29 is 4.79 Å². The van der Waals surface area contributed by atoms with E-state index in [0.29, 0.717) is 6.54 Å². The molecule has 3 heterocycles. The third-order valence-electron chi connectivity index (χ3n) is 6.56. The van der Waals surface area contributed by atoms with Gasteiger partial charge in [-0.2, -0.15) is 0 Å². The number of carbonyl (C=O) groups excluding carboxylic acids is 1. The van der Waals surface area contributed by atoms with Gasteiger partial charge in [0.05, 0.1) is 6.54 Å². The fourth-order valence-electron chi connectivity index (χ4n) is 4.78. The van der Waals surface area contributed by atoms with Crippen LogP contribution in [0.25, 0.3) is 10.9 Å². The predicted molar refractivity (Wildman–Crippen MR) is 120 cm³/mol. The van der Waals surface area contributed by atoms with Gasteiger partial charge in [-0.1, -0.05) is 42.0 Å². The molecule has 2 aromatic carbocycles. The highest BCUT2D eigenvalue weighted by Gasteiger charge is 2.26. The maximum absolute atomic E-state index is 13.0. The van der Waals surface area contributed by atoms with E-state index in [2.05, 4.69) is 70.2 Å². The van der Waals surface area contributed by atoms with Crippen LogP contribution in [0.2, 0.25) is 0 Å². The second-order valence-corrected chi connectivity index (χ2v) is 8.73. The van der Waals surface area contributed by atoms with Crippen molar-refractivity contribution >= 4 is 16.8 Å². The Morgan fingerprint density at radius 2 is 1.73 bits per heavy atom. The highest BCUT2D eigenvalue weighted by molar-refractivity contribution is 5.87. The molecule has 1 fully saturated rings. The summed E-state index contributed by atoms with van der Waals surface area (Å²) >= 11 is 0. The fourth-order valence-corrected chi connectivity index (χ4v) is 4.78. The molecule has 0 saturated carbocycles. The lowest BCUT2D eigenvalue weighted by atomic mass is 10.0. The molecular weight excluding hydrogens is 372 g/mol. The van der Waals surface area contributed by atoms with Crippen molar-refractivity contribution in [3.8, 4) is 0 Å². The van der Waals surface area contributed by atoms with Crippen LogP contribution < -0.4 is 0 Å². The first-order chi connectivity index (χ1) is 14.7. The van der Waals surface area contributed by atoms with Crippen molar-refractivity contribution in [3.63, 3.8) is 0 Å². The molecule has 1 N–H and O–H groups in total. The van der Waals surface area contributed by atoms with Gasteiger partial charge in [-0.3, -0.25) is 14.6 Å². The maximum Gasteiger partial charge on any atom is 0.237 e. The number of fused-ring (bicyclic) bond motifs is 3. The van der Waals surface area contributed by atoms with E-state index in [1.807, 2.05) is 4.90 Å². The lowest BCUT2D eigenvalue weighted by Crippen LogP contribution is -2.50. The van der Waals surface area contributed by atoms with Crippen LogP contribution in [0.15, 0.2) is 48.5 Å². The summed E-state index contributed by atoms with van der Waals surface area (Å²) in [6, 6.07) is 17.2. The number of benzene rings is 2. The molecule has 0 bridgehead atoms. The second-order valence-electron chi connectivity index (χ2n) is 8.73. The summed E-state index contributed by atoms with van der Waals surface area (Å²) in [6.45, 7) is 9.17. The summed E-state index contributed by atoms with van der Waals surface area (Å²) in [6.07, 6.45) is 0.916. The summed E-state index contributed by atoms with van der Waals surface area (Å²) in [4.78, 5) is 23.4. The molecule has 0 atom stereocenters. The van der Waals surface area contributed by atoms with E-state index in [-0.39, 0.29) is 5.91 Å². The van der Waals surface area contributed by atoms with Crippen LogP contribution >= 0.6 is 0 Å². The van der Waals surface area contributed by atoms with E-state index in [9.17, 15) is 4.79 Å². The number of aromatic amines is 1. The summed E-state index contributed by atoms with van der Waals surface area (Å²) in [7, 11) is 0. The minimum absolute atomic E-state index is 0.263. The van der Waals surface area contributed by atoms with Gasteiger partial charge in [0.15, 0.2) is 0 Å². The number of H-pyrrole nitrogens is 1. The zero-order chi connectivity index (χ0) is 20.5. The first kappa shape index (κ1) is 19.3. The highest BCUT2D eigenvalue weighted by atomic mass is 16.2. The predicted octanol–water partition coefficient (Wildman–Crippen LogP) is 3.18. The van der Waals surface area contributed by atoms with Crippen LogP contribution in [0.4, 0.5) is 0 Å². The van der Waals surface area contributed by atoms with E-state index >= 15 is 0 Å². The molecular formula is C25H30N4O. The quantitative estimate of drug-likeness (QED) is 0.729. The Bertz CT molecular complexity index is 1030. The Kier molecular flexibility index (Phi) is 5.32. The summed E-state index contributed by atoms with van der Waals surface area (Å²) in [5.41, 5.74) is 6.42. The molecule has 0 unspecified atom stereocenters. The Hall–Kier alpha value is -2.63. The molecule has 2 aliphatic rings. The zero-order valence-electron chi connectivity index (χ0n) is 17.7. The Morgan fingerprint density at radius 3 is 2.53 bits per heavy atom. The largest absolute Gasteiger partial charge is 0.358 e. The highest BCUT2D eigenvalue weighted by Crippen LogP contribution is 2.28. The number of aryl methyl sites for hydroxylation is 1. The minimum atomic E-state index is 0.263. The Balaban J connectivity index is 1.17. The molecule has 0 radical (unpaired) electrons. The topological polar surface area (TPSA) is 42.6 Å². The van der Waals surface area contributed by atoms with Crippen molar-refractivity contribution in [2.75, 3.05) is 39.3 Å². The molecule has 1 aromatic heterocycles. The van der Waals surface area contributed by atoms with Crippen LogP contribution in [0, 0.1) is 6.92 Å². The molecule has 3 aromatic rings. The van der Waals surface area contributed by atoms with Gasteiger partial charge in [-0.15, -0.1) is 0 Å². The van der Waals surface area contributed by atoms with Crippen molar-refractivity contribution in [1.82, 2.24) is 19.7 Å². The monoisotopic (exact) mass is 402 g/mol. The number of amides is 1. The standard InChI is InChI=1S/C25H30N4O/c1-19-7-8-23-21(15-19)22-17-29(10-9-24(22)26-23)25(30)18-28-13-11-27(12-14-28)16-20-5-3-2-4-6-20/h2-8,15,26H,9-14,16-18H2,1H3. The molecule has 0 spiro atoms. The lowest BCUT2D eigenvalue weighted by Gasteiger charge is -2.36. The SMILES string of the molecule is Cc1ccc2[nH]c3c(c2c1)CN(C(=O)CN1CCN(Cc2ccccc2)CC1)CC3. The summed E-state index contributed by atoms with van der Waals surface area (Å²) < 4.78 is 0. The molecule has 1 saturated heterocycles. The lowest BCUT2D eigenvalue weighted by molar-refractivity contribution is -0.133.